The Morgan fingerprint density at radius 1 is 1.00 bits per heavy atom. The highest BCUT2D eigenvalue weighted by Crippen LogP contribution is 2.53. The molecule has 2 nitrogen and oxygen atoms in total. The minimum Gasteiger partial charge on any atom is -0.349 e. The molecule has 0 unspecified atom stereocenters. The van der Waals surface area contributed by atoms with E-state index in [0.29, 0.717) is 6.04 Å². The van der Waals surface area contributed by atoms with Crippen molar-refractivity contribution in [2.45, 2.75) is 38.1 Å². The smallest absolute Gasteiger partial charge is 0.252 e. The third-order valence-corrected chi connectivity index (χ3v) is 6.88. The second kappa shape index (κ2) is 5.38. The van der Waals surface area contributed by atoms with E-state index in [4.69, 9.17) is 0 Å². The molecule has 1 aromatic carbocycles. The maximum atomic E-state index is 12.6. The number of benzene rings is 1. The number of carbonyl (C=O) groups is 1. The van der Waals surface area contributed by atoms with Crippen LogP contribution in [0.3, 0.4) is 0 Å². The van der Waals surface area contributed by atoms with Gasteiger partial charge in [-0.05, 0) is 89.9 Å². The van der Waals surface area contributed by atoms with Gasteiger partial charge in [0, 0.05) is 15.0 Å². The molecule has 1 aromatic rings. The Hall–Kier alpha value is -0.350. The maximum absolute atomic E-state index is 12.6. The van der Waals surface area contributed by atoms with Crippen LogP contribution in [0.2, 0.25) is 0 Å². The van der Waals surface area contributed by atoms with E-state index in [1.165, 1.54) is 32.1 Å². The van der Waals surface area contributed by atoms with Gasteiger partial charge in [-0.1, -0.05) is 15.9 Å². The van der Waals surface area contributed by atoms with Crippen molar-refractivity contribution in [2.24, 2.45) is 23.7 Å². The van der Waals surface area contributed by atoms with Gasteiger partial charge in [0.1, 0.15) is 0 Å². The lowest BCUT2D eigenvalue weighted by Gasteiger charge is -2.54. The molecule has 5 rings (SSSR count). The highest BCUT2D eigenvalue weighted by molar-refractivity contribution is 9.11. The number of halogens is 2. The normalized spacial score (nSPS) is 36.8. The molecule has 1 amide bonds. The molecular weight excluding hydrogens is 394 g/mol. The standard InChI is InChI=1S/C17H19Br2NO/c18-13-1-2-15(19)14(8-13)17(21)20-16-11-4-9-3-10(6-11)7-12(16)5-9/h1-2,8-12,16H,3-7H2,(H,20,21). The Morgan fingerprint density at radius 3 is 2.24 bits per heavy atom. The fraction of sp³-hybridized carbons (Fsp3) is 0.588. The van der Waals surface area contributed by atoms with E-state index in [-0.39, 0.29) is 5.91 Å². The van der Waals surface area contributed by atoms with Crippen LogP contribution in [0.15, 0.2) is 27.1 Å². The number of hydrogen-bond donors (Lipinski definition) is 1. The molecule has 4 aliphatic rings. The largest absolute Gasteiger partial charge is 0.349 e. The number of amides is 1. The lowest BCUT2D eigenvalue weighted by molar-refractivity contribution is -0.0119. The van der Waals surface area contributed by atoms with E-state index in [1.54, 1.807) is 0 Å². The average Bonchev–Trinajstić information content (AvgIpc) is 2.44. The predicted octanol–water partition coefficient (Wildman–Crippen LogP) is 4.77. The Kier molecular flexibility index (Phi) is 3.65. The molecule has 0 aromatic heterocycles. The Bertz CT molecular complexity index is 558. The van der Waals surface area contributed by atoms with Gasteiger partial charge >= 0.3 is 0 Å². The van der Waals surface area contributed by atoms with Gasteiger partial charge in [0.05, 0.1) is 5.56 Å². The van der Waals surface area contributed by atoms with Crippen LogP contribution in [0, 0.1) is 23.7 Å². The molecule has 0 saturated heterocycles. The van der Waals surface area contributed by atoms with E-state index in [1.807, 2.05) is 18.2 Å². The monoisotopic (exact) mass is 411 g/mol. The fourth-order valence-corrected chi connectivity index (χ4v) is 5.85. The molecule has 0 atom stereocenters. The van der Waals surface area contributed by atoms with Crippen LogP contribution in [0.5, 0.6) is 0 Å². The van der Waals surface area contributed by atoms with Crippen molar-refractivity contribution in [3.63, 3.8) is 0 Å². The molecule has 4 aliphatic carbocycles. The van der Waals surface area contributed by atoms with E-state index < -0.39 is 0 Å². The lowest BCUT2D eigenvalue weighted by atomic mass is 9.54. The number of carbonyl (C=O) groups excluding carboxylic acids is 1. The molecule has 21 heavy (non-hydrogen) atoms. The van der Waals surface area contributed by atoms with Gasteiger partial charge in [-0.3, -0.25) is 4.79 Å². The minimum absolute atomic E-state index is 0.0700. The van der Waals surface area contributed by atoms with Crippen molar-refractivity contribution in [3.8, 4) is 0 Å². The SMILES string of the molecule is O=C(NC1C2CC3CC(C2)CC1C3)c1cc(Br)ccc1Br. The van der Waals surface area contributed by atoms with Crippen LogP contribution in [-0.2, 0) is 0 Å². The Balaban J connectivity index is 1.53. The summed E-state index contributed by atoms with van der Waals surface area (Å²) in [6.07, 6.45) is 6.77. The topological polar surface area (TPSA) is 29.1 Å². The van der Waals surface area contributed by atoms with Crippen LogP contribution < -0.4 is 5.32 Å². The molecule has 4 saturated carbocycles. The first-order valence-corrected chi connectivity index (χ1v) is 9.44. The average molecular weight is 413 g/mol. The Labute approximate surface area is 142 Å². The minimum atomic E-state index is 0.0700. The van der Waals surface area contributed by atoms with Gasteiger partial charge < -0.3 is 5.32 Å². The summed E-state index contributed by atoms with van der Waals surface area (Å²) in [5, 5.41) is 3.36. The van der Waals surface area contributed by atoms with Gasteiger partial charge in [0.2, 0.25) is 0 Å². The maximum Gasteiger partial charge on any atom is 0.252 e. The molecule has 4 heteroatoms. The van der Waals surface area contributed by atoms with E-state index in [9.17, 15) is 4.79 Å². The summed E-state index contributed by atoms with van der Waals surface area (Å²) < 4.78 is 1.81. The molecule has 4 bridgehead atoms. The molecule has 0 heterocycles. The van der Waals surface area contributed by atoms with E-state index in [0.717, 1.165) is 38.2 Å². The summed E-state index contributed by atoms with van der Waals surface area (Å²) in [5.41, 5.74) is 0.734. The van der Waals surface area contributed by atoms with Crippen molar-refractivity contribution in [1.82, 2.24) is 5.32 Å². The summed E-state index contributed by atoms with van der Waals surface area (Å²) in [6, 6.07) is 6.17. The van der Waals surface area contributed by atoms with Crippen molar-refractivity contribution >= 4 is 37.8 Å². The van der Waals surface area contributed by atoms with Crippen LogP contribution >= 0.6 is 31.9 Å². The van der Waals surface area contributed by atoms with Crippen molar-refractivity contribution < 1.29 is 4.79 Å². The molecule has 1 N–H and O–H groups in total. The Morgan fingerprint density at radius 2 is 1.62 bits per heavy atom. The highest BCUT2D eigenvalue weighted by atomic mass is 79.9. The summed E-state index contributed by atoms with van der Waals surface area (Å²) in [4.78, 5) is 12.6. The number of rotatable bonds is 2. The van der Waals surface area contributed by atoms with Crippen LogP contribution in [0.25, 0.3) is 0 Å². The zero-order valence-electron chi connectivity index (χ0n) is 11.8. The number of hydrogen-bond acceptors (Lipinski definition) is 1. The van der Waals surface area contributed by atoms with Crippen molar-refractivity contribution in [1.29, 1.82) is 0 Å². The molecule has 0 radical (unpaired) electrons. The van der Waals surface area contributed by atoms with Gasteiger partial charge in [0.25, 0.3) is 5.91 Å². The number of nitrogens with one attached hydrogen (secondary N) is 1. The molecule has 0 aliphatic heterocycles. The first-order valence-electron chi connectivity index (χ1n) is 7.86. The van der Waals surface area contributed by atoms with E-state index in [2.05, 4.69) is 37.2 Å². The second-order valence-electron chi connectivity index (χ2n) is 7.05. The summed E-state index contributed by atoms with van der Waals surface area (Å²) in [6.45, 7) is 0. The zero-order chi connectivity index (χ0) is 14.6. The summed E-state index contributed by atoms with van der Waals surface area (Å²) in [5.74, 6) is 3.39. The van der Waals surface area contributed by atoms with Crippen LogP contribution in [0.1, 0.15) is 42.5 Å². The van der Waals surface area contributed by atoms with Crippen molar-refractivity contribution in [3.05, 3.63) is 32.7 Å². The van der Waals surface area contributed by atoms with Gasteiger partial charge in [-0.2, -0.15) is 0 Å². The van der Waals surface area contributed by atoms with Gasteiger partial charge in [-0.25, -0.2) is 0 Å². The lowest BCUT2D eigenvalue weighted by Crippen LogP contribution is -2.55. The summed E-state index contributed by atoms with van der Waals surface area (Å²) >= 11 is 6.94. The highest BCUT2D eigenvalue weighted by Gasteiger charge is 2.48. The second-order valence-corrected chi connectivity index (χ2v) is 8.82. The molecule has 112 valence electrons. The summed E-state index contributed by atoms with van der Waals surface area (Å²) in [7, 11) is 0. The quantitative estimate of drug-likeness (QED) is 0.744. The molecule has 4 fully saturated rings. The predicted molar refractivity (Wildman–Crippen MR) is 90.1 cm³/mol. The fourth-order valence-electron chi connectivity index (χ4n) is 5.06. The van der Waals surface area contributed by atoms with Gasteiger partial charge in [-0.15, -0.1) is 0 Å². The molecule has 0 spiro atoms. The van der Waals surface area contributed by atoms with Gasteiger partial charge in [0.15, 0.2) is 0 Å². The van der Waals surface area contributed by atoms with E-state index >= 15 is 0 Å². The van der Waals surface area contributed by atoms with Crippen molar-refractivity contribution in [2.75, 3.05) is 0 Å². The third kappa shape index (κ3) is 2.59. The first kappa shape index (κ1) is 14.3. The first-order chi connectivity index (χ1) is 10.1. The van der Waals surface area contributed by atoms with Crippen LogP contribution in [-0.4, -0.2) is 11.9 Å². The zero-order valence-corrected chi connectivity index (χ0v) is 15.0. The third-order valence-electron chi connectivity index (χ3n) is 5.70. The van der Waals surface area contributed by atoms with Crippen LogP contribution in [0.4, 0.5) is 0 Å². The molecular formula is C17H19Br2NO.